The van der Waals surface area contributed by atoms with Gasteiger partial charge in [-0.2, -0.15) is 5.10 Å². The maximum absolute atomic E-state index is 13.2. The fourth-order valence-corrected chi connectivity index (χ4v) is 2.85. The van der Waals surface area contributed by atoms with Crippen LogP contribution >= 0.6 is 0 Å². The lowest BCUT2D eigenvalue weighted by Gasteiger charge is -2.07. The van der Waals surface area contributed by atoms with Crippen LogP contribution in [0.4, 0.5) is 4.39 Å². The second kappa shape index (κ2) is 5.40. The van der Waals surface area contributed by atoms with Crippen molar-refractivity contribution < 1.29 is 9.18 Å². The Morgan fingerprint density at radius 1 is 1.25 bits per heavy atom. The van der Waals surface area contributed by atoms with E-state index in [4.69, 9.17) is 0 Å². The molecule has 0 saturated heterocycles. The highest BCUT2D eigenvalue weighted by molar-refractivity contribution is 6.07. The SMILES string of the molecule is Cc1cc(C(=O)NC2CC2)c2c(C)nn(-c3ccc(F)cc3)c2n1. The number of pyridine rings is 1. The number of benzene rings is 1. The van der Waals surface area contributed by atoms with E-state index in [1.54, 1.807) is 22.9 Å². The van der Waals surface area contributed by atoms with Crippen molar-refractivity contribution in [3.8, 4) is 5.69 Å². The van der Waals surface area contributed by atoms with E-state index < -0.39 is 0 Å². The van der Waals surface area contributed by atoms with Crippen molar-refractivity contribution in [2.75, 3.05) is 0 Å². The van der Waals surface area contributed by atoms with E-state index >= 15 is 0 Å². The summed E-state index contributed by atoms with van der Waals surface area (Å²) in [6, 6.07) is 8.14. The highest BCUT2D eigenvalue weighted by atomic mass is 19.1. The minimum absolute atomic E-state index is 0.0882. The Labute approximate surface area is 138 Å². The predicted molar refractivity (Wildman–Crippen MR) is 88.8 cm³/mol. The minimum Gasteiger partial charge on any atom is -0.349 e. The molecular formula is C18H17FN4O. The summed E-state index contributed by atoms with van der Waals surface area (Å²) in [5, 5.41) is 8.28. The van der Waals surface area contributed by atoms with Gasteiger partial charge in [-0.1, -0.05) is 0 Å². The van der Waals surface area contributed by atoms with Crippen LogP contribution in [-0.2, 0) is 0 Å². The molecule has 1 N–H and O–H groups in total. The van der Waals surface area contributed by atoms with Crippen LogP contribution < -0.4 is 5.32 Å². The van der Waals surface area contributed by atoms with Crippen LogP contribution in [0, 0.1) is 19.7 Å². The predicted octanol–water partition coefficient (Wildman–Crippen LogP) is 3.07. The highest BCUT2D eigenvalue weighted by Crippen LogP contribution is 2.26. The first-order valence-corrected chi connectivity index (χ1v) is 7.97. The average molecular weight is 324 g/mol. The second-order valence-electron chi connectivity index (χ2n) is 6.23. The van der Waals surface area contributed by atoms with Crippen molar-refractivity contribution in [1.82, 2.24) is 20.1 Å². The quantitative estimate of drug-likeness (QED) is 0.805. The molecule has 6 heteroatoms. The number of hydrogen-bond acceptors (Lipinski definition) is 3. The van der Waals surface area contributed by atoms with Crippen LogP contribution in [-0.4, -0.2) is 26.7 Å². The molecule has 0 radical (unpaired) electrons. The van der Waals surface area contributed by atoms with E-state index in [1.807, 2.05) is 13.8 Å². The van der Waals surface area contributed by atoms with Gasteiger partial charge in [0.2, 0.25) is 0 Å². The summed E-state index contributed by atoms with van der Waals surface area (Å²) >= 11 is 0. The minimum atomic E-state index is -0.305. The number of aromatic nitrogens is 3. The van der Waals surface area contributed by atoms with E-state index in [-0.39, 0.29) is 17.8 Å². The molecule has 1 aromatic carbocycles. The number of amides is 1. The summed E-state index contributed by atoms with van der Waals surface area (Å²) in [6.45, 7) is 3.71. The molecule has 0 atom stereocenters. The van der Waals surface area contributed by atoms with Gasteiger partial charge in [-0.25, -0.2) is 14.1 Å². The molecule has 1 amide bonds. The zero-order chi connectivity index (χ0) is 16.8. The average Bonchev–Trinajstić information content (AvgIpc) is 3.30. The van der Waals surface area contributed by atoms with Crippen molar-refractivity contribution >= 4 is 16.9 Å². The zero-order valence-corrected chi connectivity index (χ0v) is 13.5. The molecule has 5 nitrogen and oxygen atoms in total. The van der Waals surface area contributed by atoms with Crippen molar-refractivity contribution in [3.05, 3.63) is 53.1 Å². The molecule has 1 aliphatic rings. The van der Waals surface area contributed by atoms with Gasteiger partial charge in [0.15, 0.2) is 5.65 Å². The zero-order valence-electron chi connectivity index (χ0n) is 13.5. The van der Waals surface area contributed by atoms with E-state index in [0.29, 0.717) is 16.9 Å². The number of carbonyl (C=O) groups is 1. The Bertz CT molecular complexity index is 942. The normalized spacial score (nSPS) is 14.1. The lowest BCUT2D eigenvalue weighted by Crippen LogP contribution is -2.25. The van der Waals surface area contributed by atoms with Crippen molar-refractivity contribution in [1.29, 1.82) is 0 Å². The van der Waals surface area contributed by atoms with Crippen molar-refractivity contribution in [3.63, 3.8) is 0 Å². The largest absolute Gasteiger partial charge is 0.349 e. The number of fused-ring (bicyclic) bond motifs is 1. The number of hydrogen-bond donors (Lipinski definition) is 1. The molecule has 0 unspecified atom stereocenters. The number of aryl methyl sites for hydroxylation is 2. The molecule has 24 heavy (non-hydrogen) atoms. The Morgan fingerprint density at radius 2 is 1.96 bits per heavy atom. The van der Waals surface area contributed by atoms with E-state index in [0.717, 1.165) is 29.6 Å². The molecule has 0 aliphatic heterocycles. The molecule has 122 valence electrons. The number of nitrogens with zero attached hydrogens (tertiary/aromatic N) is 3. The van der Waals surface area contributed by atoms with Crippen LogP contribution in [0.2, 0.25) is 0 Å². The van der Waals surface area contributed by atoms with Gasteiger partial charge in [-0.15, -0.1) is 0 Å². The Balaban J connectivity index is 1.89. The van der Waals surface area contributed by atoms with Gasteiger partial charge in [-0.3, -0.25) is 4.79 Å². The first-order valence-electron chi connectivity index (χ1n) is 7.97. The third-order valence-corrected chi connectivity index (χ3v) is 4.17. The molecule has 0 bridgehead atoms. The van der Waals surface area contributed by atoms with Gasteiger partial charge < -0.3 is 5.32 Å². The topological polar surface area (TPSA) is 59.8 Å². The number of nitrogens with one attached hydrogen (secondary N) is 1. The van der Waals surface area contributed by atoms with Gasteiger partial charge in [0.05, 0.1) is 22.3 Å². The molecular weight excluding hydrogens is 307 g/mol. The third-order valence-electron chi connectivity index (χ3n) is 4.17. The van der Waals surface area contributed by atoms with Crippen LogP contribution in [0.3, 0.4) is 0 Å². The molecule has 2 heterocycles. The van der Waals surface area contributed by atoms with Gasteiger partial charge in [0.1, 0.15) is 5.82 Å². The maximum atomic E-state index is 13.2. The summed E-state index contributed by atoms with van der Waals surface area (Å²) in [5.74, 6) is -0.393. The van der Waals surface area contributed by atoms with E-state index in [9.17, 15) is 9.18 Å². The van der Waals surface area contributed by atoms with Crippen molar-refractivity contribution in [2.45, 2.75) is 32.7 Å². The molecule has 1 aliphatic carbocycles. The third kappa shape index (κ3) is 2.54. The lowest BCUT2D eigenvalue weighted by molar-refractivity contribution is 0.0952. The smallest absolute Gasteiger partial charge is 0.252 e. The lowest BCUT2D eigenvalue weighted by atomic mass is 10.1. The molecule has 0 spiro atoms. The van der Waals surface area contributed by atoms with Gasteiger partial charge in [0, 0.05) is 11.7 Å². The second-order valence-corrected chi connectivity index (χ2v) is 6.23. The fourth-order valence-electron chi connectivity index (χ4n) is 2.85. The Kier molecular flexibility index (Phi) is 3.33. The summed E-state index contributed by atoms with van der Waals surface area (Å²) in [5.41, 5.74) is 3.38. The first-order chi connectivity index (χ1) is 11.5. The van der Waals surface area contributed by atoms with E-state index in [2.05, 4.69) is 15.4 Å². The van der Waals surface area contributed by atoms with Crippen molar-refractivity contribution in [2.24, 2.45) is 0 Å². The standard InChI is InChI=1S/C18H17FN4O/c1-10-9-15(18(24)21-13-5-6-13)16-11(2)22-23(17(16)20-10)14-7-3-12(19)4-8-14/h3-4,7-9,13H,5-6H2,1-2H3,(H,21,24). The Morgan fingerprint density at radius 3 is 2.62 bits per heavy atom. The summed E-state index contributed by atoms with van der Waals surface area (Å²) in [4.78, 5) is 17.1. The van der Waals surface area contributed by atoms with Gasteiger partial charge >= 0.3 is 0 Å². The molecule has 1 saturated carbocycles. The first kappa shape index (κ1) is 14.8. The van der Waals surface area contributed by atoms with Crippen LogP contribution in [0.15, 0.2) is 30.3 Å². The van der Waals surface area contributed by atoms with Gasteiger partial charge in [0.25, 0.3) is 5.91 Å². The number of halogens is 1. The van der Waals surface area contributed by atoms with Crippen LogP contribution in [0.5, 0.6) is 0 Å². The summed E-state index contributed by atoms with van der Waals surface area (Å²) in [7, 11) is 0. The summed E-state index contributed by atoms with van der Waals surface area (Å²) in [6.07, 6.45) is 2.07. The van der Waals surface area contributed by atoms with Crippen LogP contribution in [0.25, 0.3) is 16.7 Å². The highest BCUT2D eigenvalue weighted by Gasteiger charge is 2.26. The Hall–Kier alpha value is -2.76. The monoisotopic (exact) mass is 324 g/mol. The van der Waals surface area contributed by atoms with Gasteiger partial charge in [-0.05, 0) is 57.0 Å². The fraction of sp³-hybridized carbons (Fsp3) is 0.278. The molecule has 2 aromatic heterocycles. The molecule has 3 aromatic rings. The molecule has 1 fully saturated rings. The number of rotatable bonds is 3. The number of carbonyl (C=O) groups excluding carboxylic acids is 1. The van der Waals surface area contributed by atoms with Crippen LogP contribution in [0.1, 0.15) is 34.6 Å². The summed E-state index contributed by atoms with van der Waals surface area (Å²) < 4.78 is 14.8. The van der Waals surface area contributed by atoms with E-state index in [1.165, 1.54) is 12.1 Å². The maximum Gasteiger partial charge on any atom is 0.252 e. The molecule has 4 rings (SSSR count).